The average Bonchev–Trinajstić information content (AvgIpc) is 2.48. The van der Waals surface area contributed by atoms with Crippen molar-refractivity contribution >= 4 is 0 Å². The number of nitrogens with zero attached hydrogens (tertiary/aromatic N) is 1. The van der Waals surface area contributed by atoms with Gasteiger partial charge in [0.05, 0.1) is 6.61 Å². The molecule has 0 bridgehead atoms. The Labute approximate surface area is 126 Å². The van der Waals surface area contributed by atoms with Gasteiger partial charge < -0.3 is 14.8 Å². The van der Waals surface area contributed by atoms with Gasteiger partial charge in [-0.05, 0) is 42.8 Å². The number of benzene rings is 1. The third kappa shape index (κ3) is 4.55. The van der Waals surface area contributed by atoms with Gasteiger partial charge in [-0.25, -0.2) is 4.98 Å². The fraction of sp³-hybridized carbons (Fsp3) is 0.353. The van der Waals surface area contributed by atoms with Gasteiger partial charge in [-0.3, -0.25) is 0 Å². The van der Waals surface area contributed by atoms with Crippen LogP contribution in [0.1, 0.15) is 31.0 Å². The van der Waals surface area contributed by atoms with Crippen LogP contribution in [0.3, 0.4) is 0 Å². The first-order valence-corrected chi connectivity index (χ1v) is 7.18. The molecule has 0 aliphatic rings. The van der Waals surface area contributed by atoms with E-state index in [0.717, 1.165) is 23.4 Å². The summed E-state index contributed by atoms with van der Waals surface area (Å²) in [6.07, 6.45) is 1.78. The Hall–Kier alpha value is -1.91. The summed E-state index contributed by atoms with van der Waals surface area (Å²) in [5.41, 5.74) is 2.24. The van der Waals surface area contributed by atoms with Crippen LogP contribution in [-0.4, -0.2) is 18.6 Å². The predicted molar refractivity (Wildman–Crippen MR) is 83.6 cm³/mol. The number of pyridine rings is 1. The van der Waals surface area contributed by atoms with Crippen molar-refractivity contribution in [2.24, 2.45) is 0 Å². The van der Waals surface area contributed by atoms with Crippen molar-refractivity contribution in [1.29, 1.82) is 0 Å². The van der Waals surface area contributed by atoms with E-state index in [1.54, 1.807) is 13.3 Å². The molecular weight excluding hydrogens is 264 g/mol. The molecule has 4 heteroatoms. The quantitative estimate of drug-likeness (QED) is 0.843. The van der Waals surface area contributed by atoms with Gasteiger partial charge in [0.15, 0.2) is 0 Å². The number of ether oxygens (including phenoxy) is 2. The van der Waals surface area contributed by atoms with Crippen LogP contribution in [0.2, 0.25) is 0 Å². The monoisotopic (exact) mass is 286 g/mol. The topological polar surface area (TPSA) is 43.4 Å². The summed E-state index contributed by atoms with van der Waals surface area (Å²) >= 11 is 0. The summed E-state index contributed by atoms with van der Waals surface area (Å²) in [7, 11) is 1.68. The molecular formula is C17H22N2O2. The van der Waals surface area contributed by atoms with Crippen LogP contribution in [-0.2, 0) is 11.3 Å². The maximum Gasteiger partial charge on any atom is 0.219 e. The molecule has 0 radical (unpaired) electrons. The zero-order chi connectivity index (χ0) is 15.1. The molecule has 0 fully saturated rings. The van der Waals surface area contributed by atoms with Gasteiger partial charge >= 0.3 is 0 Å². The number of rotatable bonds is 7. The van der Waals surface area contributed by atoms with Crippen molar-refractivity contribution in [2.75, 3.05) is 13.7 Å². The van der Waals surface area contributed by atoms with E-state index < -0.39 is 0 Å². The molecule has 0 aliphatic carbocycles. The van der Waals surface area contributed by atoms with Crippen LogP contribution in [0, 0.1) is 0 Å². The molecule has 1 unspecified atom stereocenters. The van der Waals surface area contributed by atoms with Gasteiger partial charge in [0.25, 0.3) is 0 Å². The van der Waals surface area contributed by atoms with Gasteiger partial charge in [0.2, 0.25) is 5.88 Å². The van der Waals surface area contributed by atoms with Crippen molar-refractivity contribution in [1.82, 2.24) is 10.3 Å². The summed E-state index contributed by atoms with van der Waals surface area (Å²) < 4.78 is 11.0. The lowest BCUT2D eigenvalue weighted by molar-refractivity contribution is 0.184. The number of methoxy groups -OCH3 is 1. The van der Waals surface area contributed by atoms with Gasteiger partial charge in [0.1, 0.15) is 5.75 Å². The normalized spacial score (nSPS) is 12.1. The standard InChI is InChI=1S/C17H22N2O2/c1-4-18-13(2)15-8-9-19-17(11-15)21-16-7-5-6-14(10-16)12-20-3/h5-11,13,18H,4,12H2,1-3H3. The van der Waals surface area contributed by atoms with Crippen molar-refractivity contribution in [3.63, 3.8) is 0 Å². The minimum absolute atomic E-state index is 0.278. The molecule has 21 heavy (non-hydrogen) atoms. The van der Waals surface area contributed by atoms with Crippen LogP contribution in [0.4, 0.5) is 0 Å². The van der Waals surface area contributed by atoms with E-state index in [2.05, 4.69) is 24.1 Å². The highest BCUT2D eigenvalue weighted by Gasteiger charge is 2.06. The van der Waals surface area contributed by atoms with E-state index in [4.69, 9.17) is 9.47 Å². The van der Waals surface area contributed by atoms with E-state index in [9.17, 15) is 0 Å². The molecule has 1 atom stereocenters. The van der Waals surface area contributed by atoms with Crippen LogP contribution in [0.5, 0.6) is 11.6 Å². The zero-order valence-electron chi connectivity index (χ0n) is 12.8. The maximum absolute atomic E-state index is 5.84. The lowest BCUT2D eigenvalue weighted by Crippen LogP contribution is -2.17. The predicted octanol–water partition coefficient (Wildman–Crippen LogP) is 3.69. The van der Waals surface area contributed by atoms with Gasteiger partial charge in [-0.2, -0.15) is 0 Å². The van der Waals surface area contributed by atoms with Crippen LogP contribution in [0.15, 0.2) is 42.6 Å². The highest BCUT2D eigenvalue weighted by atomic mass is 16.5. The summed E-state index contributed by atoms with van der Waals surface area (Å²) in [5.74, 6) is 1.37. The summed E-state index contributed by atoms with van der Waals surface area (Å²) in [6.45, 7) is 5.72. The minimum Gasteiger partial charge on any atom is -0.439 e. The SMILES string of the molecule is CCNC(C)c1ccnc(Oc2cccc(COC)c2)c1. The molecule has 0 spiro atoms. The Morgan fingerprint density at radius 1 is 1.24 bits per heavy atom. The molecule has 2 rings (SSSR count). The molecule has 0 saturated heterocycles. The van der Waals surface area contributed by atoms with Crippen LogP contribution >= 0.6 is 0 Å². The third-order valence-corrected chi connectivity index (χ3v) is 3.20. The first kappa shape index (κ1) is 15.5. The molecule has 0 saturated carbocycles. The summed E-state index contributed by atoms with van der Waals surface area (Å²) in [6, 6.07) is 12.1. The van der Waals surface area contributed by atoms with Crippen molar-refractivity contribution in [3.8, 4) is 11.6 Å². The third-order valence-electron chi connectivity index (χ3n) is 3.20. The van der Waals surface area contributed by atoms with E-state index in [1.165, 1.54) is 0 Å². The second-order valence-electron chi connectivity index (χ2n) is 4.89. The number of aromatic nitrogens is 1. The van der Waals surface area contributed by atoms with Gasteiger partial charge in [-0.1, -0.05) is 19.1 Å². The smallest absolute Gasteiger partial charge is 0.219 e. The highest BCUT2D eigenvalue weighted by Crippen LogP contribution is 2.23. The van der Waals surface area contributed by atoms with E-state index in [-0.39, 0.29) is 6.04 Å². The Morgan fingerprint density at radius 2 is 2.10 bits per heavy atom. The zero-order valence-corrected chi connectivity index (χ0v) is 12.8. The lowest BCUT2D eigenvalue weighted by Gasteiger charge is -2.13. The molecule has 1 aromatic heterocycles. The molecule has 1 N–H and O–H groups in total. The number of hydrogen-bond donors (Lipinski definition) is 1. The van der Waals surface area contributed by atoms with Crippen molar-refractivity contribution < 1.29 is 9.47 Å². The van der Waals surface area contributed by atoms with Crippen molar-refractivity contribution in [3.05, 3.63) is 53.7 Å². The first-order chi connectivity index (χ1) is 10.2. The van der Waals surface area contributed by atoms with E-state index >= 15 is 0 Å². The van der Waals surface area contributed by atoms with Crippen LogP contribution < -0.4 is 10.1 Å². The number of nitrogens with one attached hydrogen (secondary N) is 1. The average molecular weight is 286 g/mol. The summed E-state index contributed by atoms with van der Waals surface area (Å²) in [5, 5.41) is 3.38. The lowest BCUT2D eigenvalue weighted by atomic mass is 10.1. The minimum atomic E-state index is 0.278. The fourth-order valence-corrected chi connectivity index (χ4v) is 2.16. The van der Waals surface area contributed by atoms with Gasteiger partial charge in [-0.15, -0.1) is 0 Å². The molecule has 1 heterocycles. The summed E-state index contributed by atoms with van der Waals surface area (Å²) in [4.78, 5) is 4.27. The van der Waals surface area contributed by atoms with E-state index in [1.807, 2.05) is 36.4 Å². The Morgan fingerprint density at radius 3 is 2.86 bits per heavy atom. The largest absolute Gasteiger partial charge is 0.439 e. The molecule has 1 aromatic carbocycles. The first-order valence-electron chi connectivity index (χ1n) is 7.18. The molecule has 4 nitrogen and oxygen atoms in total. The molecule has 112 valence electrons. The highest BCUT2D eigenvalue weighted by molar-refractivity contribution is 5.32. The Balaban J connectivity index is 2.12. The molecule has 0 aliphatic heterocycles. The molecule has 0 amide bonds. The number of hydrogen-bond acceptors (Lipinski definition) is 4. The molecule has 2 aromatic rings. The van der Waals surface area contributed by atoms with Gasteiger partial charge in [0, 0.05) is 25.4 Å². The Kier molecular flexibility index (Phi) is 5.72. The second-order valence-corrected chi connectivity index (χ2v) is 4.89. The maximum atomic E-state index is 5.84. The van der Waals surface area contributed by atoms with Crippen molar-refractivity contribution in [2.45, 2.75) is 26.5 Å². The second kappa shape index (κ2) is 7.76. The van der Waals surface area contributed by atoms with Crippen LogP contribution in [0.25, 0.3) is 0 Å². The Bertz CT molecular complexity index is 572. The van der Waals surface area contributed by atoms with E-state index in [0.29, 0.717) is 12.5 Å². The fourth-order valence-electron chi connectivity index (χ4n) is 2.16.